The van der Waals surface area contributed by atoms with Crippen LogP contribution < -0.4 is 0 Å². The fraction of sp³-hybridized carbons (Fsp3) is 0.308. The molecule has 0 aliphatic heterocycles. The van der Waals surface area contributed by atoms with Crippen molar-refractivity contribution in [2.24, 2.45) is 0 Å². The van der Waals surface area contributed by atoms with Crippen molar-refractivity contribution in [1.82, 2.24) is 0 Å². The van der Waals surface area contributed by atoms with Gasteiger partial charge < -0.3 is 14.9 Å². The van der Waals surface area contributed by atoms with Crippen molar-refractivity contribution >= 4 is 5.57 Å². The summed E-state index contributed by atoms with van der Waals surface area (Å²) in [5, 5.41) is 18.6. The number of hydrogen-bond acceptors (Lipinski definition) is 3. The van der Waals surface area contributed by atoms with Crippen molar-refractivity contribution in [2.75, 3.05) is 13.7 Å². The Labute approximate surface area is 95.3 Å². The molecule has 0 saturated carbocycles. The van der Waals surface area contributed by atoms with Gasteiger partial charge in [0.05, 0.1) is 6.61 Å². The summed E-state index contributed by atoms with van der Waals surface area (Å²) in [5.41, 5.74) is 4.27. The lowest BCUT2D eigenvalue weighted by atomic mass is 9.98. The highest BCUT2D eigenvalue weighted by Gasteiger charge is 2.23. The molecular formula is C13H16O3. The van der Waals surface area contributed by atoms with E-state index >= 15 is 0 Å². The van der Waals surface area contributed by atoms with Gasteiger partial charge in [0.25, 0.3) is 0 Å². The van der Waals surface area contributed by atoms with Crippen LogP contribution in [0.15, 0.2) is 42.6 Å². The summed E-state index contributed by atoms with van der Waals surface area (Å²) in [6.45, 7) is 3.22. The Morgan fingerprint density at radius 1 is 1.44 bits per heavy atom. The van der Waals surface area contributed by atoms with Gasteiger partial charge in [-0.15, -0.1) is 5.73 Å². The molecule has 3 heteroatoms. The summed E-state index contributed by atoms with van der Waals surface area (Å²) in [4.78, 5) is 0. The second kappa shape index (κ2) is 6.26. The zero-order valence-corrected chi connectivity index (χ0v) is 9.26. The van der Waals surface area contributed by atoms with Gasteiger partial charge in [-0.2, -0.15) is 0 Å². The van der Waals surface area contributed by atoms with E-state index in [0.717, 1.165) is 5.56 Å². The fourth-order valence-electron chi connectivity index (χ4n) is 1.55. The van der Waals surface area contributed by atoms with Crippen molar-refractivity contribution < 1.29 is 14.9 Å². The number of aliphatic hydroxyl groups excluding tert-OH is 2. The molecule has 0 saturated heterocycles. The first-order valence-corrected chi connectivity index (χ1v) is 5.01. The Kier molecular flexibility index (Phi) is 4.96. The molecule has 16 heavy (non-hydrogen) atoms. The molecule has 2 N–H and O–H groups in total. The third-order valence-corrected chi connectivity index (χ3v) is 2.35. The first-order chi connectivity index (χ1) is 7.74. The van der Waals surface area contributed by atoms with E-state index in [-0.39, 0.29) is 6.61 Å². The van der Waals surface area contributed by atoms with Crippen LogP contribution in [0.5, 0.6) is 0 Å². The Bertz CT molecular complexity index is 366. The van der Waals surface area contributed by atoms with Crippen LogP contribution in [0.4, 0.5) is 0 Å². The first-order valence-electron chi connectivity index (χ1n) is 5.01. The maximum Gasteiger partial charge on any atom is 0.118 e. The van der Waals surface area contributed by atoms with Crippen LogP contribution >= 0.6 is 0 Å². The Morgan fingerprint density at radius 2 is 2.06 bits per heavy atom. The highest BCUT2D eigenvalue weighted by molar-refractivity contribution is 5.68. The average Bonchev–Trinajstić information content (AvgIpc) is 2.36. The molecule has 0 aromatic heterocycles. The smallest absolute Gasteiger partial charge is 0.118 e. The Hall–Kier alpha value is -1.38. The lowest BCUT2D eigenvalue weighted by molar-refractivity contribution is -0.00819. The van der Waals surface area contributed by atoms with Gasteiger partial charge >= 0.3 is 0 Å². The summed E-state index contributed by atoms with van der Waals surface area (Å²) in [7, 11) is 1.48. The molecule has 1 rings (SSSR count). The van der Waals surface area contributed by atoms with Gasteiger partial charge in [-0.25, -0.2) is 0 Å². The molecule has 0 unspecified atom stereocenters. The van der Waals surface area contributed by atoms with E-state index < -0.39 is 12.2 Å². The number of aliphatic hydroxyl groups is 2. The quantitative estimate of drug-likeness (QED) is 0.734. The molecule has 3 nitrogen and oxygen atoms in total. The van der Waals surface area contributed by atoms with Crippen molar-refractivity contribution in [3.8, 4) is 0 Å². The minimum Gasteiger partial charge on any atom is -0.394 e. The minimum absolute atomic E-state index is 0.365. The second-order valence-electron chi connectivity index (χ2n) is 3.36. The molecule has 0 radical (unpaired) electrons. The molecule has 0 spiro atoms. The molecule has 0 fully saturated rings. The van der Waals surface area contributed by atoms with Crippen LogP contribution in [0.2, 0.25) is 0 Å². The van der Waals surface area contributed by atoms with E-state index in [4.69, 9.17) is 9.84 Å². The number of rotatable bonds is 5. The molecule has 1 aromatic carbocycles. The number of methoxy groups -OCH3 is 1. The highest BCUT2D eigenvalue weighted by Crippen LogP contribution is 2.21. The standard InChI is InChI=1S/C13H16O3/c1-3-11(10-7-5-4-6-8-10)13(16-2)12(15)9-14/h4-8,12-15H,1,9H2,2H3/t12-,13+/m1/s1. The van der Waals surface area contributed by atoms with Crippen LogP contribution in [0.25, 0.3) is 5.57 Å². The van der Waals surface area contributed by atoms with E-state index in [1.165, 1.54) is 7.11 Å². The predicted octanol–water partition coefficient (Wildman–Crippen LogP) is 1.22. The van der Waals surface area contributed by atoms with E-state index in [9.17, 15) is 5.11 Å². The second-order valence-corrected chi connectivity index (χ2v) is 3.36. The van der Waals surface area contributed by atoms with Crippen LogP contribution in [0.3, 0.4) is 0 Å². The molecule has 0 heterocycles. The van der Waals surface area contributed by atoms with Gasteiger partial charge in [0.1, 0.15) is 12.2 Å². The minimum atomic E-state index is -0.977. The summed E-state index contributed by atoms with van der Waals surface area (Å²) >= 11 is 0. The van der Waals surface area contributed by atoms with Crippen LogP contribution in [0.1, 0.15) is 5.56 Å². The van der Waals surface area contributed by atoms with Gasteiger partial charge in [-0.1, -0.05) is 36.9 Å². The topological polar surface area (TPSA) is 49.7 Å². The number of benzene rings is 1. The van der Waals surface area contributed by atoms with Crippen molar-refractivity contribution in [3.63, 3.8) is 0 Å². The van der Waals surface area contributed by atoms with Gasteiger partial charge in [-0.3, -0.25) is 0 Å². The van der Waals surface area contributed by atoms with Crippen LogP contribution in [0, 0.1) is 0 Å². The molecule has 1 aromatic rings. The summed E-state index contributed by atoms with van der Waals surface area (Å²) in [6, 6.07) is 9.41. The monoisotopic (exact) mass is 220 g/mol. The van der Waals surface area contributed by atoms with E-state index in [1.54, 1.807) is 0 Å². The third-order valence-electron chi connectivity index (χ3n) is 2.35. The Morgan fingerprint density at radius 3 is 2.50 bits per heavy atom. The van der Waals surface area contributed by atoms with Crippen molar-refractivity contribution in [1.29, 1.82) is 0 Å². The zero-order valence-electron chi connectivity index (χ0n) is 9.26. The Balaban J connectivity index is 3.03. The number of hydrogen-bond donors (Lipinski definition) is 2. The van der Waals surface area contributed by atoms with Crippen molar-refractivity contribution in [3.05, 3.63) is 48.2 Å². The zero-order chi connectivity index (χ0) is 12.0. The number of ether oxygens (including phenoxy) is 1. The van der Waals surface area contributed by atoms with Gasteiger partial charge in [0.2, 0.25) is 0 Å². The molecule has 0 aliphatic carbocycles. The predicted molar refractivity (Wildman–Crippen MR) is 62.9 cm³/mol. The SMILES string of the molecule is C=C=C(c1ccccc1)[C@H](OC)[C@H](O)CO. The molecule has 0 amide bonds. The fourth-order valence-corrected chi connectivity index (χ4v) is 1.55. The van der Waals surface area contributed by atoms with E-state index in [2.05, 4.69) is 12.3 Å². The molecule has 0 bridgehead atoms. The average molecular weight is 220 g/mol. The van der Waals surface area contributed by atoms with Gasteiger partial charge in [0, 0.05) is 12.7 Å². The molecule has 2 atom stereocenters. The van der Waals surface area contributed by atoms with Crippen molar-refractivity contribution in [2.45, 2.75) is 12.2 Å². The lowest BCUT2D eigenvalue weighted by Gasteiger charge is -2.21. The molecular weight excluding hydrogens is 204 g/mol. The van der Waals surface area contributed by atoms with Gasteiger partial charge in [-0.05, 0) is 5.56 Å². The maximum absolute atomic E-state index is 9.62. The molecule has 86 valence electrons. The van der Waals surface area contributed by atoms with Gasteiger partial charge in [0.15, 0.2) is 0 Å². The highest BCUT2D eigenvalue weighted by atomic mass is 16.5. The maximum atomic E-state index is 9.62. The van der Waals surface area contributed by atoms with Crippen LogP contribution in [-0.2, 0) is 4.74 Å². The van der Waals surface area contributed by atoms with E-state index in [0.29, 0.717) is 5.57 Å². The normalized spacial score (nSPS) is 13.9. The summed E-state index contributed by atoms with van der Waals surface area (Å²) in [6.07, 6.45) is -1.60. The van der Waals surface area contributed by atoms with E-state index in [1.807, 2.05) is 30.3 Å². The summed E-state index contributed by atoms with van der Waals surface area (Å²) in [5.74, 6) is 0. The third kappa shape index (κ3) is 2.81. The molecule has 0 aliphatic rings. The first kappa shape index (κ1) is 12.7. The van der Waals surface area contributed by atoms with Crippen LogP contribution in [-0.4, -0.2) is 36.1 Å². The summed E-state index contributed by atoms with van der Waals surface area (Å²) < 4.78 is 5.16. The largest absolute Gasteiger partial charge is 0.394 e. The lowest BCUT2D eigenvalue weighted by Crippen LogP contribution is -2.32.